The van der Waals surface area contributed by atoms with E-state index in [-0.39, 0.29) is 57.5 Å². The van der Waals surface area contributed by atoms with Crippen LogP contribution in [-0.2, 0) is 11.3 Å². The molecule has 0 saturated carbocycles. The summed E-state index contributed by atoms with van der Waals surface area (Å²) in [7, 11) is 0. The number of thioether (sulfide) groups is 1. The molecule has 0 saturated heterocycles. The van der Waals surface area contributed by atoms with E-state index in [0.717, 1.165) is 0 Å². The van der Waals surface area contributed by atoms with Crippen molar-refractivity contribution in [3.05, 3.63) is 45.2 Å². The molecule has 9 heteroatoms. The Balaban J connectivity index is 0.00000243. The van der Waals surface area contributed by atoms with Crippen molar-refractivity contribution < 1.29 is 44.3 Å². The molecule has 0 radical (unpaired) electrons. The summed E-state index contributed by atoms with van der Waals surface area (Å²) < 4.78 is 1.37. The van der Waals surface area contributed by atoms with Gasteiger partial charge in [0, 0.05) is 12.3 Å². The number of aliphatic carboxylic acids is 1. The fourth-order valence-electron chi connectivity index (χ4n) is 2.75. The van der Waals surface area contributed by atoms with Gasteiger partial charge in [0.15, 0.2) is 11.2 Å². The number of carboxylic acid groups (broad SMARTS) is 1. The molecule has 0 aliphatic heterocycles. The molecule has 128 valence electrons. The smallest absolute Gasteiger partial charge is 0.548 e. The third-order valence-electron chi connectivity index (χ3n) is 3.83. The van der Waals surface area contributed by atoms with Crippen molar-refractivity contribution >= 4 is 57.1 Å². The fourth-order valence-corrected chi connectivity index (χ4v) is 3.81. The number of aromatic nitrogens is 2. The van der Waals surface area contributed by atoms with E-state index in [9.17, 15) is 19.5 Å². The van der Waals surface area contributed by atoms with Crippen molar-refractivity contribution in [2.45, 2.75) is 18.4 Å². The average molecular weight is 399 g/mol. The van der Waals surface area contributed by atoms with Crippen LogP contribution in [0.3, 0.4) is 0 Å². The van der Waals surface area contributed by atoms with Gasteiger partial charge in [0.05, 0.1) is 33.3 Å². The molecular weight excluding hydrogens is 387 g/mol. The minimum absolute atomic E-state index is 0. The molecule has 1 aromatic carbocycles. The molecule has 0 fully saturated rings. The van der Waals surface area contributed by atoms with Crippen molar-refractivity contribution in [1.82, 2.24) is 9.55 Å². The third-order valence-corrected chi connectivity index (χ3v) is 5.07. The minimum atomic E-state index is -1.34. The van der Waals surface area contributed by atoms with E-state index in [2.05, 4.69) is 4.98 Å². The zero-order valence-corrected chi connectivity index (χ0v) is 17.9. The summed E-state index contributed by atoms with van der Waals surface area (Å²) in [4.78, 5) is 40.6. The summed E-state index contributed by atoms with van der Waals surface area (Å²) in [5.74, 6) is -1.63. The van der Waals surface area contributed by atoms with Gasteiger partial charge >= 0.3 is 29.6 Å². The zero-order valence-electron chi connectivity index (χ0n) is 14.3. The van der Waals surface area contributed by atoms with E-state index < -0.39 is 12.5 Å². The Morgan fingerprint density at radius 1 is 1.23 bits per heavy atom. The van der Waals surface area contributed by atoms with E-state index in [0.29, 0.717) is 20.8 Å². The maximum atomic E-state index is 12.8. The number of benzene rings is 1. The Morgan fingerprint density at radius 2 is 1.88 bits per heavy atom. The first-order chi connectivity index (χ1) is 11.8. The van der Waals surface area contributed by atoms with Crippen LogP contribution in [0.15, 0.2) is 34.0 Å². The van der Waals surface area contributed by atoms with Crippen LogP contribution in [0.1, 0.15) is 17.4 Å². The molecule has 3 aromatic rings. The van der Waals surface area contributed by atoms with Crippen LogP contribution in [-0.4, -0.2) is 27.6 Å². The van der Waals surface area contributed by atoms with Gasteiger partial charge in [-0.25, -0.2) is 4.98 Å². The minimum Gasteiger partial charge on any atom is -0.548 e. The summed E-state index contributed by atoms with van der Waals surface area (Å²) >= 11 is 7.52. The van der Waals surface area contributed by atoms with E-state index in [1.54, 1.807) is 18.4 Å². The largest absolute Gasteiger partial charge is 1.00 e. The maximum absolute atomic E-state index is 12.8. The Kier molecular flexibility index (Phi) is 6.52. The number of nitrogens with zero attached hydrogens (tertiary/aromatic N) is 2. The first-order valence-electron chi connectivity index (χ1n) is 7.25. The van der Waals surface area contributed by atoms with E-state index in [1.165, 1.54) is 35.4 Å². The molecule has 0 aliphatic rings. The van der Waals surface area contributed by atoms with Gasteiger partial charge in [-0.3, -0.25) is 9.59 Å². The molecule has 0 spiro atoms. The summed E-state index contributed by atoms with van der Waals surface area (Å²) in [5, 5.41) is 12.3. The third kappa shape index (κ3) is 3.54. The van der Waals surface area contributed by atoms with Gasteiger partial charge in [-0.2, -0.15) is 0 Å². The molecule has 0 aliphatic carbocycles. The number of pyridine rings is 2. The fraction of sp³-hybridized carbons (Fsp3) is 0.176. The van der Waals surface area contributed by atoms with Crippen LogP contribution >= 0.6 is 23.4 Å². The second kappa shape index (κ2) is 8.10. The molecule has 6 nitrogen and oxygen atoms in total. The SMILES string of the molecule is CSc1c(Cl)ccc2c(=O)c3ccc(C(C)=O)nc3n(CC(=O)[O-])c12.[Na+]. The van der Waals surface area contributed by atoms with Gasteiger partial charge in [-0.15, -0.1) is 11.8 Å². The van der Waals surface area contributed by atoms with Crippen LogP contribution in [0.2, 0.25) is 5.02 Å². The van der Waals surface area contributed by atoms with Gasteiger partial charge in [-0.1, -0.05) is 11.6 Å². The van der Waals surface area contributed by atoms with Crippen molar-refractivity contribution in [1.29, 1.82) is 0 Å². The monoisotopic (exact) mass is 398 g/mol. The number of rotatable bonds is 4. The number of carboxylic acids is 1. The Morgan fingerprint density at radius 3 is 2.46 bits per heavy atom. The molecular formula is C17H12ClN2NaO4S. The van der Waals surface area contributed by atoms with Crippen LogP contribution in [0.25, 0.3) is 21.9 Å². The number of hydrogen-bond donors (Lipinski definition) is 0. The van der Waals surface area contributed by atoms with E-state index >= 15 is 0 Å². The predicted octanol–water partition coefficient (Wildman–Crippen LogP) is -1.12. The van der Waals surface area contributed by atoms with Crippen LogP contribution in [0.4, 0.5) is 0 Å². The predicted molar refractivity (Wildman–Crippen MR) is 95.3 cm³/mol. The van der Waals surface area contributed by atoms with Crippen LogP contribution < -0.4 is 40.1 Å². The van der Waals surface area contributed by atoms with Crippen molar-refractivity contribution in [2.75, 3.05) is 6.26 Å². The first-order valence-corrected chi connectivity index (χ1v) is 8.86. The second-order valence-corrected chi connectivity index (χ2v) is 6.61. The molecule has 0 N–H and O–H groups in total. The average Bonchev–Trinajstić information content (AvgIpc) is 2.57. The summed E-state index contributed by atoms with van der Waals surface area (Å²) in [5.41, 5.74) is 0.335. The van der Waals surface area contributed by atoms with Crippen LogP contribution in [0, 0.1) is 0 Å². The van der Waals surface area contributed by atoms with Gasteiger partial charge < -0.3 is 14.5 Å². The number of carbonyl (C=O) groups excluding carboxylic acids is 2. The summed E-state index contributed by atoms with van der Waals surface area (Å²) in [6, 6.07) is 6.10. The van der Waals surface area contributed by atoms with Crippen molar-refractivity contribution in [3.8, 4) is 0 Å². The number of hydrogen-bond acceptors (Lipinski definition) is 6. The molecule has 0 atom stereocenters. The van der Waals surface area contributed by atoms with E-state index in [1.807, 2.05) is 0 Å². The maximum Gasteiger partial charge on any atom is 1.00 e. The number of ketones is 1. The Hall–Kier alpha value is -1.38. The zero-order chi connectivity index (χ0) is 18.3. The first kappa shape index (κ1) is 20.9. The van der Waals surface area contributed by atoms with Gasteiger partial charge in [-0.05, 0) is 30.5 Å². The molecule has 3 rings (SSSR count). The molecule has 2 aromatic heterocycles. The topological polar surface area (TPSA) is 92.1 Å². The van der Waals surface area contributed by atoms with Crippen molar-refractivity contribution in [2.24, 2.45) is 0 Å². The standard InChI is InChI=1S/C17H13ClN2O4S.Na/c1-8(21)12-6-4-10-15(24)9-3-5-11(18)16(25-2)14(9)20(7-13(22)23)17(10)19-12;/h3-6H,7H2,1-2H3,(H,22,23);/q;+1/p-1. The second-order valence-electron chi connectivity index (χ2n) is 5.39. The summed E-state index contributed by atoms with van der Waals surface area (Å²) in [6.07, 6.45) is 1.78. The summed E-state index contributed by atoms with van der Waals surface area (Å²) in [6.45, 7) is 0.830. The molecule has 2 heterocycles. The number of halogens is 1. The van der Waals surface area contributed by atoms with E-state index in [4.69, 9.17) is 11.6 Å². The number of carbonyl (C=O) groups is 2. The Bertz CT molecular complexity index is 1110. The molecule has 0 bridgehead atoms. The van der Waals surface area contributed by atoms with Crippen molar-refractivity contribution in [3.63, 3.8) is 0 Å². The van der Waals surface area contributed by atoms with Crippen LogP contribution in [0.5, 0.6) is 0 Å². The van der Waals surface area contributed by atoms with Gasteiger partial charge in [0.2, 0.25) is 0 Å². The van der Waals surface area contributed by atoms with Gasteiger partial charge in [0.25, 0.3) is 0 Å². The molecule has 26 heavy (non-hydrogen) atoms. The Labute approximate surface area is 179 Å². The number of Topliss-reactive ketones (excluding diaryl/α,β-unsaturated/α-hetero) is 1. The van der Waals surface area contributed by atoms with Gasteiger partial charge in [0.1, 0.15) is 11.3 Å². The normalized spacial score (nSPS) is 10.7. The molecule has 0 amide bonds. The molecule has 0 unspecified atom stereocenters. The quantitative estimate of drug-likeness (QED) is 0.239. The number of fused-ring (bicyclic) bond motifs is 2.